The van der Waals surface area contributed by atoms with Crippen LogP contribution in [0.25, 0.3) is 6.08 Å². The molecule has 1 aliphatic rings. The lowest BCUT2D eigenvalue weighted by atomic mass is 10.1. The minimum Gasteiger partial charge on any atom is -0.495 e. The number of barbiturate groups is 1. The lowest BCUT2D eigenvalue weighted by Gasteiger charge is -2.26. The second-order valence-electron chi connectivity index (χ2n) is 7.66. The third-order valence-corrected chi connectivity index (χ3v) is 6.34. The first kappa shape index (κ1) is 26.1. The number of urea groups is 1. The fourth-order valence-corrected chi connectivity index (χ4v) is 4.23. The number of nitrogens with zero attached hydrogens (tertiary/aromatic N) is 1. The van der Waals surface area contributed by atoms with Crippen molar-refractivity contribution in [2.75, 3.05) is 23.9 Å². The number of hydrogen-bond donors (Lipinski definition) is 2. The second-order valence-corrected chi connectivity index (χ2v) is 9.43. The van der Waals surface area contributed by atoms with E-state index in [9.17, 15) is 19.2 Å². The van der Waals surface area contributed by atoms with Gasteiger partial charge in [0.05, 0.1) is 23.0 Å². The Morgan fingerprint density at radius 2 is 1.73 bits per heavy atom. The van der Waals surface area contributed by atoms with E-state index in [1.165, 1.54) is 13.2 Å². The number of benzene rings is 3. The maximum Gasteiger partial charge on any atom is 0.335 e. The second kappa shape index (κ2) is 11.4. The molecule has 0 atom stereocenters. The molecule has 0 unspecified atom stereocenters. The first-order chi connectivity index (χ1) is 17.8. The van der Waals surface area contributed by atoms with Crippen LogP contribution in [-0.4, -0.2) is 37.5 Å². The molecule has 0 saturated carbocycles. The van der Waals surface area contributed by atoms with E-state index in [-0.39, 0.29) is 18.1 Å². The highest BCUT2D eigenvalue weighted by molar-refractivity contribution is 9.10. The number of ether oxygens (including phenoxy) is 2. The van der Waals surface area contributed by atoms with Gasteiger partial charge in [-0.25, -0.2) is 9.69 Å². The lowest BCUT2D eigenvalue weighted by molar-refractivity contribution is -0.122. The van der Waals surface area contributed by atoms with Crippen molar-refractivity contribution in [3.8, 4) is 11.5 Å². The van der Waals surface area contributed by atoms with Crippen LogP contribution in [0.5, 0.6) is 11.5 Å². The molecule has 11 heteroatoms. The number of carbonyl (C=O) groups is 4. The molecule has 0 bridgehead atoms. The van der Waals surface area contributed by atoms with E-state index < -0.39 is 17.8 Å². The summed E-state index contributed by atoms with van der Waals surface area (Å²) in [5.41, 5.74) is 1.13. The van der Waals surface area contributed by atoms with Crippen LogP contribution in [0.3, 0.4) is 0 Å². The van der Waals surface area contributed by atoms with Crippen molar-refractivity contribution in [1.29, 1.82) is 0 Å². The largest absolute Gasteiger partial charge is 0.495 e. The number of amides is 5. The number of rotatable bonds is 7. The van der Waals surface area contributed by atoms with Gasteiger partial charge in [-0.3, -0.25) is 19.7 Å². The molecule has 3 aromatic carbocycles. The summed E-state index contributed by atoms with van der Waals surface area (Å²) in [7, 11) is 1.51. The highest BCUT2D eigenvalue weighted by Gasteiger charge is 2.36. The van der Waals surface area contributed by atoms with E-state index in [0.29, 0.717) is 32.9 Å². The summed E-state index contributed by atoms with van der Waals surface area (Å²) in [5.74, 6) is -1.03. The molecular formula is C26H19Br2N3O6. The number of nitrogens with one attached hydrogen (secondary N) is 2. The smallest absolute Gasteiger partial charge is 0.335 e. The minimum atomic E-state index is -0.828. The number of hydrogen-bond acceptors (Lipinski definition) is 6. The molecule has 0 radical (unpaired) electrons. The van der Waals surface area contributed by atoms with Crippen LogP contribution in [0, 0.1) is 0 Å². The van der Waals surface area contributed by atoms with Gasteiger partial charge in [0, 0.05) is 4.47 Å². The van der Waals surface area contributed by atoms with Crippen molar-refractivity contribution < 1.29 is 28.7 Å². The van der Waals surface area contributed by atoms with Gasteiger partial charge in [0.2, 0.25) is 0 Å². The van der Waals surface area contributed by atoms with Crippen molar-refractivity contribution in [3.05, 3.63) is 86.8 Å². The van der Waals surface area contributed by atoms with Crippen LogP contribution in [0.4, 0.5) is 16.2 Å². The van der Waals surface area contributed by atoms with Crippen molar-refractivity contribution in [3.63, 3.8) is 0 Å². The van der Waals surface area contributed by atoms with Gasteiger partial charge < -0.3 is 14.8 Å². The molecule has 1 aliphatic heterocycles. The number of imide groups is 2. The standard InChI is InChI=1S/C26H19Br2N3O6/c1-36-22-5-3-2-4-20(22)29-23(32)14-37-21-11-6-15(13-19(21)28)12-18-24(33)30-26(35)31(25(18)34)17-9-7-16(27)8-10-17/h2-13H,14H2,1H3,(H,29,32)(H,30,33,35)/b18-12+. The number of para-hydroxylation sites is 2. The molecule has 1 fully saturated rings. The molecule has 3 aromatic rings. The normalized spacial score (nSPS) is 14.4. The SMILES string of the molecule is COc1ccccc1NC(=O)COc1ccc(/C=C2\C(=O)NC(=O)N(c3ccc(Br)cc3)C2=O)cc1Br. The van der Waals surface area contributed by atoms with Crippen LogP contribution in [0.1, 0.15) is 5.56 Å². The average molecular weight is 629 g/mol. The fraction of sp³-hybridized carbons (Fsp3) is 0.0769. The van der Waals surface area contributed by atoms with E-state index in [4.69, 9.17) is 9.47 Å². The summed E-state index contributed by atoms with van der Waals surface area (Å²) in [4.78, 5) is 51.0. The zero-order chi connectivity index (χ0) is 26.5. The Hall–Kier alpha value is -3.96. The Morgan fingerprint density at radius 3 is 2.43 bits per heavy atom. The first-order valence-corrected chi connectivity index (χ1v) is 12.4. The predicted octanol–water partition coefficient (Wildman–Crippen LogP) is 4.90. The van der Waals surface area contributed by atoms with Gasteiger partial charge in [-0.2, -0.15) is 0 Å². The monoisotopic (exact) mass is 627 g/mol. The van der Waals surface area contributed by atoms with Crippen LogP contribution >= 0.6 is 31.9 Å². The van der Waals surface area contributed by atoms with Crippen molar-refractivity contribution in [2.45, 2.75) is 0 Å². The predicted molar refractivity (Wildman–Crippen MR) is 144 cm³/mol. The quantitative estimate of drug-likeness (QED) is 0.284. The summed E-state index contributed by atoms with van der Waals surface area (Å²) in [5, 5.41) is 4.91. The van der Waals surface area contributed by atoms with E-state index in [2.05, 4.69) is 42.5 Å². The van der Waals surface area contributed by atoms with Crippen molar-refractivity contribution in [2.24, 2.45) is 0 Å². The summed E-state index contributed by atoms with van der Waals surface area (Å²) in [6, 6.07) is 17.5. The molecule has 2 N–H and O–H groups in total. The molecule has 188 valence electrons. The maximum absolute atomic E-state index is 13.0. The third-order valence-electron chi connectivity index (χ3n) is 5.19. The Labute approximate surface area is 228 Å². The van der Waals surface area contributed by atoms with Gasteiger partial charge in [-0.05, 0) is 76.1 Å². The van der Waals surface area contributed by atoms with Crippen molar-refractivity contribution >= 4 is 73.1 Å². The van der Waals surface area contributed by atoms with Gasteiger partial charge in [-0.15, -0.1) is 0 Å². The molecule has 9 nitrogen and oxygen atoms in total. The maximum atomic E-state index is 13.0. The van der Waals surface area contributed by atoms with Gasteiger partial charge in [0.25, 0.3) is 17.7 Å². The Bertz CT molecular complexity index is 1420. The van der Waals surface area contributed by atoms with Gasteiger partial charge in [0.15, 0.2) is 6.61 Å². The van der Waals surface area contributed by atoms with E-state index >= 15 is 0 Å². The van der Waals surface area contributed by atoms with Gasteiger partial charge in [0.1, 0.15) is 17.1 Å². The zero-order valence-corrected chi connectivity index (χ0v) is 22.5. The fourth-order valence-electron chi connectivity index (χ4n) is 3.45. The summed E-state index contributed by atoms with van der Waals surface area (Å²) in [6.45, 7) is -0.262. The van der Waals surface area contributed by atoms with Gasteiger partial charge >= 0.3 is 6.03 Å². The highest BCUT2D eigenvalue weighted by Crippen LogP contribution is 2.29. The number of anilines is 2. The van der Waals surface area contributed by atoms with Crippen molar-refractivity contribution in [1.82, 2.24) is 5.32 Å². The first-order valence-electron chi connectivity index (χ1n) is 10.8. The molecule has 1 saturated heterocycles. The average Bonchev–Trinajstić information content (AvgIpc) is 2.87. The molecule has 0 spiro atoms. The summed E-state index contributed by atoms with van der Waals surface area (Å²) >= 11 is 6.69. The Kier molecular flexibility index (Phi) is 8.04. The number of carbonyl (C=O) groups excluding carboxylic acids is 4. The van der Waals surface area contributed by atoms with Gasteiger partial charge in [-0.1, -0.05) is 34.1 Å². The van der Waals surface area contributed by atoms with Crippen LogP contribution < -0.4 is 25.0 Å². The lowest BCUT2D eigenvalue weighted by Crippen LogP contribution is -2.54. The molecule has 1 heterocycles. The molecule has 37 heavy (non-hydrogen) atoms. The Morgan fingerprint density at radius 1 is 1.00 bits per heavy atom. The molecular weight excluding hydrogens is 610 g/mol. The number of methoxy groups -OCH3 is 1. The summed E-state index contributed by atoms with van der Waals surface area (Å²) in [6.07, 6.45) is 1.37. The molecule has 5 amide bonds. The zero-order valence-electron chi connectivity index (χ0n) is 19.3. The van der Waals surface area contributed by atoms with Crippen LogP contribution in [0.15, 0.2) is 81.2 Å². The summed E-state index contributed by atoms with van der Waals surface area (Å²) < 4.78 is 12.1. The highest BCUT2D eigenvalue weighted by atomic mass is 79.9. The van der Waals surface area contributed by atoms with E-state index in [0.717, 1.165) is 9.37 Å². The van der Waals surface area contributed by atoms with E-state index in [1.54, 1.807) is 66.7 Å². The Balaban J connectivity index is 1.47. The molecule has 0 aromatic heterocycles. The topological polar surface area (TPSA) is 114 Å². The van der Waals surface area contributed by atoms with Crippen LogP contribution in [-0.2, 0) is 14.4 Å². The minimum absolute atomic E-state index is 0.209. The van der Waals surface area contributed by atoms with E-state index in [1.807, 2.05) is 0 Å². The molecule has 4 rings (SSSR count). The molecule has 0 aliphatic carbocycles. The third kappa shape index (κ3) is 6.07. The van der Waals surface area contributed by atoms with Crippen LogP contribution in [0.2, 0.25) is 0 Å². The number of halogens is 2.